The lowest BCUT2D eigenvalue weighted by Gasteiger charge is -2.13. The van der Waals surface area contributed by atoms with Gasteiger partial charge in [0.25, 0.3) is 0 Å². The maximum absolute atomic E-state index is 12.9. The van der Waals surface area contributed by atoms with Crippen molar-refractivity contribution in [3.05, 3.63) is 84.9 Å². The third kappa shape index (κ3) is 4.53. The summed E-state index contributed by atoms with van der Waals surface area (Å²) in [5, 5.41) is 4.92. The number of rotatable bonds is 4. The van der Waals surface area contributed by atoms with Crippen LogP contribution >= 0.6 is 0 Å². The van der Waals surface area contributed by atoms with Gasteiger partial charge in [-0.3, -0.25) is 9.55 Å². The number of urea groups is 1. The Morgan fingerprint density at radius 2 is 1.66 bits per heavy atom. The number of alkyl halides is 3. The van der Waals surface area contributed by atoms with E-state index in [1.165, 1.54) is 0 Å². The van der Waals surface area contributed by atoms with Gasteiger partial charge in [-0.1, -0.05) is 0 Å². The lowest BCUT2D eigenvalue weighted by atomic mass is 10.1. The van der Waals surface area contributed by atoms with Crippen molar-refractivity contribution in [2.75, 3.05) is 16.4 Å². The molecule has 0 bridgehead atoms. The van der Waals surface area contributed by atoms with E-state index in [9.17, 15) is 18.0 Å². The van der Waals surface area contributed by atoms with Crippen LogP contribution in [-0.4, -0.2) is 20.6 Å². The number of amides is 2. The van der Waals surface area contributed by atoms with E-state index in [1.807, 2.05) is 16.7 Å². The minimum absolute atomic E-state index is 0.0206. The predicted octanol–water partition coefficient (Wildman–Crippen LogP) is 5.18. The Morgan fingerprint density at radius 1 is 0.938 bits per heavy atom. The number of benzene rings is 2. The van der Waals surface area contributed by atoms with Crippen molar-refractivity contribution < 1.29 is 18.0 Å². The molecule has 2 aromatic heterocycles. The number of hydrogen-bond donors (Lipinski definition) is 3. The molecule has 0 atom stereocenters. The Morgan fingerprint density at radius 3 is 2.34 bits per heavy atom. The summed E-state index contributed by atoms with van der Waals surface area (Å²) in [5.41, 5.74) is 6.82. The molecule has 162 valence electrons. The number of nitrogens with two attached hydrogens (primary N) is 1. The first kappa shape index (κ1) is 20.9. The Hall–Kier alpha value is -4.34. The molecule has 0 saturated carbocycles. The highest BCUT2D eigenvalue weighted by atomic mass is 19.4. The first-order valence-electron chi connectivity index (χ1n) is 9.40. The van der Waals surface area contributed by atoms with E-state index in [0.717, 1.165) is 35.3 Å². The van der Waals surface area contributed by atoms with E-state index < -0.39 is 17.8 Å². The van der Waals surface area contributed by atoms with Crippen LogP contribution in [0.1, 0.15) is 5.56 Å². The van der Waals surface area contributed by atoms with Crippen LogP contribution in [0.15, 0.2) is 79.4 Å². The summed E-state index contributed by atoms with van der Waals surface area (Å²) in [7, 11) is 0. The van der Waals surface area contributed by atoms with Gasteiger partial charge < -0.3 is 16.4 Å². The highest BCUT2D eigenvalue weighted by Crippen LogP contribution is 2.33. The van der Waals surface area contributed by atoms with Gasteiger partial charge >= 0.3 is 12.2 Å². The monoisotopic (exact) mass is 438 g/mol. The maximum atomic E-state index is 12.9. The second-order valence-corrected chi connectivity index (χ2v) is 6.78. The van der Waals surface area contributed by atoms with Crippen LogP contribution in [0.5, 0.6) is 0 Å². The van der Waals surface area contributed by atoms with Gasteiger partial charge in [0.1, 0.15) is 5.82 Å². The summed E-state index contributed by atoms with van der Waals surface area (Å²) in [6.07, 6.45) is 2.29. The normalized spacial score (nSPS) is 11.2. The number of carbonyl (C=O) groups excluding carboxylic acids is 1. The topological polar surface area (TPSA) is 97.9 Å². The van der Waals surface area contributed by atoms with Crippen LogP contribution < -0.4 is 16.4 Å². The van der Waals surface area contributed by atoms with Crippen LogP contribution in [0.2, 0.25) is 0 Å². The fourth-order valence-electron chi connectivity index (χ4n) is 3.06. The molecular weight excluding hydrogens is 421 g/mol. The standard InChI is InChI=1S/C22H17F3N6O/c23-22(24,25)15-1-6-18(26)19(13-15)30-21(32)29-16-2-4-17(5-3-16)31-12-11-28-20(31)14-7-9-27-10-8-14/h1-13H,26H2,(H2,29,30,32). The van der Waals surface area contributed by atoms with E-state index >= 15 is 0 Å². The van der Waals surface area contributed by atoms with Gasteiger partial charge in [0.15, 0.2) is 0 Å². The molecule has 4 N–H and O–H groups in total. The quantitative estimate of drug-likeness (QED) is 0.383. The molecule has 0 aliphatic rings. The fraction of sp³-hybridized carbons (Fsp3) is 0.0455. The molecule has 0 spiro atoms. The van der Waals surface area contributed by atoms with Crippen LogP contribution in [0, 0.1) is 0 Å². The summed E-state index contributed by atoms with van der Waals surface area (Å²) in [5.74, 6) is 0.728. The summed E-state index contributed by atoms with van der Waals surface area (Å²) < 4.78 is 40.6. The number of nitrogens with one attached hydrogen (secondary N) is 2. The second-order valence-electron chi connectivity index (χ2n) is 6.78. The number of anilines is 3. The molecule has 2 heterocycles. The van der Waals surface area contributed by atoms with E-state index in [2.05, 4.69) is 20.6 Å². The fourth-order valence-corrected chi connectivity index (χ4v) is 3.06. The van der Waals surface area contributed by atoms with E-state index in [1.54, 1.807) is 49.1 Å². The van der Waals surface area contributed by atoms with Gasteiger partial charge in [0, 0.05) is 41.7 Å². The molecule has 4 rings (SSSR count). The number of imidazole rings is 1. The van der Waals surface area contributed by atoms with Crippen molar-refractivity contribution in [1.82, 2.24) is 14.5 Å². The SMILES string of the molecule is Nc1ccc(C(F)(F)F)cc1NC(=O)Nc1ccc(-n2ccnc2-c2ccncc2)cc1. The summed E-state index contributed by atoms with van der Waals surface area (Å²) in [6.45, 7) is 0. The van der Waals surface area contributed by atoms with Crippen molar-refractivity contribution in [2.24, 2.45) is 0 Å². The number of aromatic nitrogens is 3. The first-order chi connectivity index (χ1) is 15.3. The zero-order valence-electron chi connectivity index (χ0n) is 16.5. The van der Waals surface area contributed by atoms with Crippen LogP contribution in [0.3, 0.4) is 0 Å². The predicted molar refractivity (Wildman–Crippen MR) is 115 cm³/mol. The van der Waals surface area contributed by atoms with Gasteiger partial charge in [-0.25, -0.2) is 9.78 Å². The van der Waals surface area contributed by atoms with Crippen molar-refractivity contribution >= 4 is 23.1 Å². The molecular formula is C22H17F3N6O. The molecule has 2 amide bonds. The van der Waals surface area contributed by atoms with Gasteiger partial charge in [-0.2, -0.15) is 13.2 Å². The number of nitrogens with zero attached hydrogens (tertiary/aromatic N) is 3. The molecule has 32 heavy (non-hydrogen) atoms. The van der Waals surface area contributed by atoms with Crippen molar-refractivity contribution in [3.8, 4) is 17.1 Å². The molecule has 2 aromatic carbocycles. The second kappa shape index (κ2) is 8.42. The van der Waals surface area contributed by atoms with Crippen LogP contribution in [-0.2, 0) is 6.18 Å². The third-order valence-electron chi connectivity index (χ3n) is 4.61. The number of halogens is 3. The van der Waals surface area contributed by atoms with Crippen molar-refractivity contribution in [3.63, 3.8) is 0 Å². The first-order valence-corrected chi connectivity index (χ1v) is 9.40. The van der Waals surface area contributed by atoms with Crippen molar-refractivity contribution in [1.29, 1.82) is 0 Å². The average molecular weight is 438 g/mol. The Balaban J connectivity index is 1.48. The minimum atomic E-state index is -4.54. The summed E-state index contributed by atoms with van der Waals surface area (Å²) in [6, 6.07) is 12.6. The van der Waals surface area contributed by atoms with E-state index in [-0.39, 0.29) is 11.4 Å². The van der Waals surface area contributed by atoms with Crippen molar-refractivity contribution in [2.45, 2.75) is 6.18 Å². The lowest BCUT2D eigenvalue weighted by molar-refractivity contribution is -0.137. The Kier molecular flexibility index (Phi) is 5.50. The maximum Gasteiger partial charge on any atom is 0.416 e. The van der Waals surface area contributed by atoms with E-state index in [4.69, 9.17) is 5.73 Å². The number of pyridine rings is 1. The lowest BCUT2D eigenvalue weighted by Crippen LogP contribution is -2.20. The molecule has 0 fully saturated rings. The molecule has 10 heteroatoms. The Bertz CT molecular complexity index is 1240. The van der Waals surface area contributed by atoms with E-state index in [0.29, 0.717) is 5.69 Å². The molecule has 0 aliphatic carbocycles. The van der Waals surface area contributed by atoms with Crippen LogP contribution in [0.25, 0.3) is 17.1 Å². The highest BCUT2D eigenvalue weighted by Gasteiger charge is 2.31. The number of nitrogen functional groups attached to an aromatic ring is 1. The highest BCUT2D eigenvalue weighted by molar-refractivity contribution is 6.01. The van der Waals surface area contributed by atoms with Gasteiger partial charge in [-0.15, -0.1) is 0 Å². The molecule has 7 nitrogen and oxygen atoms in total. The largest absolute Gasteiger partial charge is 0.416 e. The summed E-state index contributed by atoms with van der Waals surface area (Å²) in [4.78, 5) is 20.6. The zero-order valence-corrected chi connectivity index (χ0v) is 16.5. The molecule has 4 aromatic rings. The smallest absolute Gasteiger partial charge is 0.397 e. The van der Waals surface area contributed by atoms with Crippen LogP contribution in [0.4, 0.5) is 35.0 Å². The number of hydrogen-bond acceptors (Lipinski definition) is 4. The van der Waals surface area contributed by atoms with Gasteiger partial charge in [0.2, 0.25) is 0 Å². The summed E-state index contributed by atoms with van der Waals surface area (Å²) >= 11 is 0. The number of carbonyl (C=O) groups is 1. The average Bonchev–Trinajstić information content (AvgIpc) is 3.25. The zero-order chi connectivity index (χ0) is 22.7. The minimum Gasteiger partial charge on any atom is -0.397 e. The third-order valence-corrected chi connectivity index (χ3v) is 4.61. The molecule has 0 saturated heterocycles. The molecule has 0 unspecified atom stereocenters. The molecule has 0 radical (unpaired) electrons. The van der Waals surface area contributed by atoms with Gasteiger partial charge in [-0.05, 0) is 54.6 Å². The van der Waals surface area contributed by atoms with Gasteiger partial charge in [0.05, 0.1) is 16.9 Å². The molecule has 0 aliphatic heterocycles. The Labute approximate surface area is 180 Å².